The standard InChI is InChI=1S/C10H14N2O4S/c1-10(4-3-5-17(10,15)16)8-6-7(9(13)14)11-12(8)2/h6H,3-5H2,1-2H3,(H,13,14). The molecule has 1 N–H and O–H groups in total. The molecule has 0 aromatic carbocycles. The molecular formula is C10H14N2O4S. The Kier molecular flexibility index (Phi) is 2.53. The van der Waals surface area contributed by atoms with E-state index in [1.807, 2.05) is 0 Å². The number of rotatable bonds is 2. The number of sulfone groups is 1. The van der Waals surface area contributed by atoms with Gasteiger partial charge in [-0.1, -0.05) is 0 Å². The van der Waals surface area contributed by atoms with Crippen molar-refractivity contribution in [2.45, 2.75) is 24.5 Å². The van der Waals surface area contributed by atoms with E-state index in [0.29, 0.717) is 18.5 Å². The number of carbonyl (C=O) groups is 1. The van der Waals surface area contributed by atoms with Crippen molar-refractivity contribution < 1.29 is 18.3 Å². The van der Waals surface area contributed by atoms with Gasteiger partial charge in [-0.15, -0.1) is 0 Å². The van der Waals surface area contributed by atoms with Gasteiger partial charge in [0.2, 0.25) is 0 Å². The lowest BCUT2D eigenvalue weighted by Crippen LogP contribution is -2.30. The Morgan fingerprint density at radius 1 is 1.59 bits per heavy atom. The molecule has 0 amide bonds. The molecule has 1 aliphatic rings. The minimum absolute atomic E-state index is 0.120. The molecule has 1 aliphatic heterocycles. The van der Waals surface area contributed by atoms with Crippen LogP contribution in [0.5, 0.6) is 0 Å². The maximum Gasteiger partial charge on any atom is 0.356 e. The first-order valence-electron chi connectivity index (χ1n) is 5.28. The minimum atomic E-state index is -3.23. The Hall–Kier alpha value is -1.37. The van der Waals surface area contributed by atoms with Crippen molar-refractivity contribution in [3.8, 4) is 0 Å². The van der Waals surface area contributed by atoms with Gasteiger partial charge in [0.25, 0.3) is 0 Å². The summed E-state index contributed by atoms with van der Waals surface area (Å²) in [6.07, 6.45) is 1.11. The molecule has 1 atom stereocenters. The highest BCUT2D eigenvalue weighted by Gasteiger charge is 2.47. The summed E-state index contributed by atoms with van der Waals surface area (Å²) in [5.41, 5.74) is 0.332. The summed E-state index contributed by atoms with van der Waals surface area (Å²) in [5, 5.41) is 12.7. The molecule has 0 spiro atoms. The zero-order valence-corrected chi connectivity index (χ0v) is 10.5. The van der Waals surface area contributed by atoms with Crippen LogP contribution in [0.25, 0.3) is 0 Å². The lowest BCUT2D eigenvalue weighted by atomic mass is 10.0. The normalized spacial score (nSPS) is 27.2. The average molecular weight is 258 g/mol. The van der Waals surface area contributed by atoms with Crippen LogP contribution in [0.15, 0.2) is 6.07 Å². The third kappa shape index (κ3) is 1.65. The Morgan fingerprint density at radius 2 is 2.24 bits per heavy atom. The van der Waals surface area contributed by atoms with Gasteiger partial charge < -0.3 is 5.11 Å². The van der Waals surface area contributed by atoms with Gasteiger partial charge in [0.05, 0.1) is 11.4 Å². The SMILES string of the molecule is Cn1nc(C(=O)O)cc1C1(C)CCCS1(=O)=O. The van der Waals surface area contributed by atoms with E-state index in [2.05, 4.69) is 5.10 Å². The number of aromatic nitrogens is 2. The fourth-order valence-electron chi connectivity index (χ4n) is 2.33. The van der Waals surface area contributed by atoms with Crippen LogP contribution in [-0.4, -0.2) is 35.0 Å². The van der Waals surface area contributed by atoms with Crippen LogP contribution < -0.4 is 0 Å². The number of hydrogen-bond acceptors (Lipinski definition) is 4. The zero-order chi connectivity index (χ0) is 12.8. The first-order valence-corrected chi connectivity index (χ1v) is 6.93. The third-order valence-corrected chi connectivity index (χ3v) is 6.01. The minimum Gasteiger partial charge on any atom is -0.476 e. The number of aromatic carboxylic acids is 1. The summed E-state index contributed by atoms with van der Waals surface area (Å²) in [6, 6.07) is 1.35. The van der Waals surface area contributed by atoms with E-state index in [0.717, 1.165) is 0 Å². The van der Waals surface area contributed by atoms with Gasteiger partial charge >= 0.3 is 5.97 Å². The van der Waals surface area contributed by atoms with Crippen molar-refractivity contribution in [2.24, 2.45) is 7.05 Å². The molecular weight excluding hydrogens is 244 g/mol. The van der Waals surface area contributed by atoms with E-state index < -0.39 is 20.6 Å². The average Bonchev–Trinajstić information content (AvgIpc) is 2.70. The van der Waals surface area contributed by atoms with Crippen molar-refractivity contribution in [2.75, 3.05) is 5.75 Å². The van der Waals surface area contributed by atoms with E-state index in [-0.39, 0.29) is 11.4 Å². The Balaban J connectivity index is 2.58. The van der Waals surface area contributed by atoms with Crippen LogP contribution in [-0.2, 0) is 21.6 Å². The lowest BCUT2D eigenvalue weighted by Gasteiger charge is -2.22. The van der Waals surface area contributed by atoms with Crippen molar-refractivity contribution in [3.05, 3.63) is 17.5 Å². The van der Waals surface area contributed by atoms with Crippen LogP contribution in [0.1, 0.15) is 35.9 Å². The summed E-state index contributed by atoms with van der Waals surface area (Å²) in [6.45, 7) is 1.64. The van der Waals surface area contributed by atoms with Crippen LogP contribution in [0.4, 0.5) is 0 Å². The highest BCUT2D eigenvalue weighted by molar-refractivity contribution is 7.92. The highest BCUT2D eigenvalue weighted by Crippen LogP contribution is 2.41. The number of carboxylic acids is 1. The molecule has 1 aromatic rings. The number of carboxylic acid groups (broad SMARTS) is 1. The second-order valence-corrected chi connectivity index (χ2v) is 7.04. The second kappa shape index (κ2) is 3.56. The summed E-state index contributed by atoms with van der Waals surface area (Å²) in [4.78, 5) is 10.8. The zero-order valence-electron chi connectivity index (χ0n) is 9.67. The maximum atomic E-state index is 12.0. The molecule has 0 saturated carbocycles. The van der Waals surface area contributed by atoms with Crippen molar-refractivity contribution in [1.82, 2.24) is 9.78 Å². The van der Waals surface area contributed by atoms with Crippen molar-refractivity contribution >= 4 is 15.8 Å². The van der Waals surface area contributed by atoms with E-state index in [9.17, 15) is 13.2 Å². The lowest BCUT2D eigenvalue weighted by molar-refractivity contribution is 0.0689. The summed E-state index contributed by atoms with van der Waals surface area (Å²) >= 11 is 0. The van der Waals surface area contributed by atoms with Crippen LogP contribution in [0.3, 0.4) is 0 Å². The quantitative estimate of drug-likeness (QED) is 0.836. The summed E-state index contributed by atoms with van der Waals surface area (Å²) < 4.78 is 24.4. The van der Waals surface area contributed by atoms with Gasteiger partial charge in [0.15, 0.2) is 15.5 Å². The summed E-state index contributed by atoms with van der Waals surface area (Å²) in [7, 11) is -1.66. The molecule has 1 fully saturated rings. The van der Waals surface area contributed by atoms with Gasteiger partial charge in [0, 0.05) is 7.05 Å². The van der Waals surface area contributed by atoms with Gasteiger partial charge in [-0.3, -0.25) is 4.68 Å². The van der Waals surface area contributed by atoms with Crippen LogP contribution in [0, 0.1) is 0 Å². The molecule has 2 heterocycles. The smallest absolute Gasteiger partial charge is 0.356 e. The fourth-order valence-corrected chi connectivity index (χ4v) is 4.27. The van der Waals surface area contributed by atoms with Gasteiger partial charge in [0.1, 0.15) is 4.75 Å². The first-order chi connectivity index (χ1) is 7.78. The van der Waals surface area contributed by atoms with Crippen molar-refractivity contribution in [1.29, 1.82) is 0 Å². The number of nitrogens with zero attached hydrogens (tertiary/aromatic N) is 2. The van der Waals surface area contributed by atoms with Crippen molar-refractivity contribution in [3.63, 3.8) is 0 Å². The Bertz CT molecular complexity index is 575. The first kappa shape index (κ1) is 12.1. The molecule has 0 aliphatic carbocycles. The third-order valence-electron chi connectivity index (χ3n) is 3.39. The van der Waals surface area contributed by atoms with Crippen LogP contribution in [0.2, 0.25) is 0 Å². The molecule has 2 rings (SSSR count). The molecule has 6 nitrogen and oxygen atoms in total. The number of aryl methyl sites for hydroxylation is 1. The Morgan fingerprint density at radius 3 is 2.65 bits per heavy atom. The predicted molar refractivity (Wildman–Crippen MR) is 60.5 cm³/mol. The van der Waals surface area contributed by atoms with Gasteiger partial charge in [-0.2, -0.15) is 5.10 Å². The monoisotopic (exact) mass is 258 g/mol. The molecule has 94 valence electrons. The molecule has 17 heavy (non-hydrogen) atoms. The van der Waals surface area contributed by atoms with E-state index >= 15 is 0 Å². The molecule has 0 radical (unpaired) electrons. The summed E-state index contributed by atoms with van der Waals surface area (Å²) in [5.74, 6) is -0.997. The van der Waals surface area contributed by atoms with Gasteiger partial charge in [-0.05, 0) is 25.8 Å². The fraction of sp³-hybridized carbons (Fsp3) is 0.600. The molecule has 1 aromatic heterocycles. The second-order valence-electron chi connectivity index (χ2n) is 4.50. The van der Waals surface area contributed by atoms with E-state index in [1.165, 1.54) is 10.7 Å². The molecule has 1 saturated heterocycles. The van der Waals surface area contributed by atoms with Gasteiger partial charge in [-0.25, -0.2) is 13.2 Å². The highest BCUT2D eigenvalue weighted by atomic mass is 32.2. The topological polar surface area (TPSA) is 89.3 Å². The largest absolute Gasteiger partial charge is 0.476 e. The number of hydrogen-bond donors (Lipinski definition) is 1. The van der Waals surface area contributed by atoms with E-state index in [4.69, 9.17) is 5.11 Å². The molecule has 7 heteroatoms. The molecule has 0 bridgehead atoms. The van der Waals surface area contributed by atoms with E-state index in [1.54, 1.807) is 14.0 Å². The maximum absolute atomic E-state index is 12.0. The Labute approximate surface area is 99.2 Å². The van der Waals surface area contributed by atoms with Crippen LogP contribution >= 0.6 is 0 Å². The predicted octanol–water partition coefficient (Wildman–Crippen LogP) is 0.542. The molecule has 1 unspecified atom stereocenters.